The molecule has 0 radical (unpaired) electrons. The highest BCUT2D eigenvalue weighted by atomic mass is 19.1. The van der Waals surface area contributed by atoms with Gasteiger partial charge in [-0.3, -0.25) is 19.8 Å². The largest absolute Gasteiger partial charge is 0.337 e. The van der Waals surface area contributed by atoms with Crippen molar-refractivity contribution >= 4 is 17.6 Å². The lowest BCUT2D eigenvalue weighted by Gasteiger charge is -2.21. The van der Waals surface area contributed by atoms with Gasteiger partial charge in [0.2, 0.25) is 11.7 Å². The first-order chi connectivity index (χ1) is 14.3. The molecule has 3 aromatic rings. The third kappa shape index (κ3) is 3.26. The van der Waals surface area contributed by atoms with E-state index in [1.54, 1.807) is 0 Å². The van der Waals surface area contributed by atoms with E-state index in [0.717, 1.165) is 4.90 Å². The Morgan fingerprint density at radius 1 is 1.23 bits per heavy atom. The molecule has 3 amide bonds. The summed E-state index contributed by atoms with van der Waals surface area (Å²) in [6.45, 7) is 1.17. The van der Waals surface area contributed by atoms with Crippen molar-refractivity contribution in [3.05, 3.63) is 75.9 Å². The molecule has 1 saturated heterocycles. The third-order valence-electron chi connectivity index (χ3n) is 4.77. The van der Waals surface area contributed by atoms with Gasteiger partial charge in [-0.2, -0.15) is 4.98 Å². The zero-order valence-electron chi connectivity index (χ0n) is 15.5. The van der Waals surface area contributed by atoms with Gasteiger partial charge in [0, 0.05) is 17.7 Å². The quantitative estimate of drug-likeness (QED) is 0.388. The number of imide groups is 1. The van der Waals surface area contributed by atoms with Crippen LogP contribution in [0.1, 0.15) is 18.4 Å². The first kappa shape index (κ1) is 19.2. The molecule has 0 saturated carbocycles. The van der Waals surface area contributed by atoms with Crippen LogP contribution in [0, 0.1) is 15.9 Å². The number of carbonyl (C=O) groups excluding carboxylic acids is 2. The van der Waals surface area contributed by atoms with E-state index in [1.165, 1.54) is 55.5 Å². The number of nitro groups is 1. The number of hydrogen-bond acceptors (Lipinski definition) is 7. The van der Waals surface area contributed by atoms with Crippen LogP contribution >= 0.6 is 0 Å². The molecule has 1 unspecified atom stereocenters. The first-order valence-electron chi connectivity index (χ1n) is 8.75. The second-order valence-electron chi connectivity index (χ2n) is 6.77. The summed E-state index contributed by atoms with van der Waals surface area (Å²) in [6, 6.07) is 10.2. The molecule has 1 N–H and O–H groups in total. The van der Waals surface area contributed by atoms with E-state index in [-0.39, 0.29) is 29.5 Å². The van der Waals surface area contributed by atoms with Crippen LogP contribution in [0.5, 0.6) is 0 Å². The zero-order chi connectivity index (χ0) is 21.5. The Kier molecular flexibility index (Phi) is 4.49. The molecular formula is C19H14FN5O5. The highest BCUT2D eigenvalue weighted by Gasteiger charge is 2.49. The summed E-state index contributed by atoms with van der Waals surface area (Å²) in [5.41, 5.74) is -0.904. The monoisotopic (exact) mass is 411 g/mol. The molecule has 1 aliphatic heterocycles. The summed E-state index contributed by atoms with van der Waals surface area (Å²) in [7, 11) is 0. The number of rotatable bonds is 5. The van der Waals surface area contributed by atoms with Crippen LogP contribution in [0.3, 0.4) is 0 Å². The molecule has 0 bridgehead atoms. The molecule has 1 atom stereocenters. The van der Waals surface area contributed by atoms with Crippen LogP contribution in [0.2, 0.25) is 0 Å². The lowest BCUT2D eigenvalue weighted by Crippen LogP contribution is -2.40. The standard InChI is InChI=1S/C19H14FN5O5/c1-19(12-3-2-4-14(9-12)25(28)29)17(26)24(18(27)22-19)10-15-21-16(23-30-15)11-5-7-13(20)8-6-11/h2-9H,10H2,1H3,(H,22,27). The molecule has 2 heterocycles. The number of halogens is 1. The Hall–Kier alpha value is -4.15. The third-order valence-corrected chi connectivity index (χ3v) is 4.77. The van der Waals surface area contributed by atoms with Gasteiger partial charge in [-0.25, -0.2) is 9.18 Å². The minimum Gasteiger partial charge on any atom is -0.337 e. The van der Waals surface area contributed by atoms with Gasteiger partial charge in [0.15, 0.2) is 0 Å². The maximum absolute atomic E-state index is 13.1. The van der Waals surface area contributed by atoms with Gasteiger partial charge in [-0.1, -0.05) is 17.3 Å². The van der Waals surface area contributed by atoms with Crippen LogP contribution in [-0.2, 0) is 16.9 Å². The Morgan fingerprint density at radius 2 is 1.97 bits per heavy atom. The number of benzene rings is 2. The molecule has 0 aliphatic carbocycles. The van der Waals surface area contributed by atoms with Gasteiger partial charge >= 0.3 is 6.03 Å². The number of urea groups is 1. The van der Waals surface area contributed by atoms with Gasteiger partial charge in [0.1, 0.15) is 17.9 Å². The number of nitro benzene ring substituents is 1. The van der Waals surface area contributed by atoms with Crippen molar-refractivity contribution in [2.75, 3.05) is 0 Å². The summed E-state index contributed by atoms with van der Waals surface area (Å²) < 4.78 is 18.2. The maximum Gasteiger partial charge on any atom is 0.325 e. The van der Waals surface area contributed by atoms with E-state index in [4.69, 9.17) is 4.52 Å². The SMILES string of the molecule is CC1(c2cccc([N+](=O)[O-])c2)NC(=O)N(Cc2nc(-c3ccc(F)cc3)no2)C1=O. The van der Waals surface area contributed by atoms with E-state index < -0.39 is 28.2 Å². The summed E-state index contributed by atoms with van der Waals surface area (Å²) >= 11 is 0. The summed E-state index contributed by atoms with van der Waals surface area (Å²) in [6.07, 6.45) is 0. The summed E-state index contributed by atoms with van der Waals surface area (Å²) in [4.78, 5) is 40.9. The Bertz CT molecular complexity index is 1160. The van der Waals surface area contributed by atoms with Crippen molar-refractivity contribution in [3.8, 4) is 11.4 Å². The van der Waals surface area contributed by atoms with Crippen molar-refractivity contribution < 1.29 is 23.4 Å². The first-order valence-corrected chi connectivity index (χ1v) is 8.75. The van der Waals surface area contributed by atoms with Crippen LogP contribution in [0.25, 0.3) is 11.4 Å². The van der Waals surface area contributed by atoms with Crippen LogP contribution in [0.4, 0.5) is 14.9 Å². The van der Waals surface area contributed by atoms with Gasteiger partial charge in [-0.05, 0) is 36.8 Å². The van der Waals surface area contributed by atoms with Crippen LogP contribution in [-0.4, -0.2) is 31.9 Å². The Morgan fingerprint density at radius 3 is 2.67 bits per heavy atom. The molecule has 1 aromatic heterocycles. The second-order valence-corrected chi connectivity index (χ2v) is 6.77. The van der Waals surface area contributed by atoms with Crippen molar-refractivity contribution in [2.45, 2.75) is 19.0 Å². The molecule has 11 heteroatoms. The Labute approximate surface area is 168 Å². The normalized spacial score (nSPS) is 18.5. The Balaban J connectivity index is 1.57. The van der Waals surface area contributed by atoms with E-state index in [0.29, 0.717) is 5.56 Å². The van der Waals surface area contributed by atoms with Crippen molar-refractivity contribution in [1.29, 1.82) is 0 Å². The van der Waals surface area contributed by atoms with E-state index in [1.807, 2.05) is 0 Å². The van der Waals surface area contributed by atoms with E-state index in [2.05, 4.69) is 15.5 Å². The predicted octanol–water partition coefficient (Wildman–Crippen LogP) is 2.75. The molecule has 10 nitrogen and oxygen atoms in total. The molecule has 1 fully saturated rings. The lowest BCUT2D eigenvalue weighted by molar-refractivity contribution is -0.385. The minimum atomic E-state index is -1.48. The predicted molar refractivity (Wildman–Crippen MR) is 99.2 cm³/mol. The van der Waals surface area contributed by atoms with Gasteiger partial charge < -0.3 is 9.84 Å². The number of non-ortho nitro benzene ring substituents is 1. The topological polar surface area (TPSA) is 131 Å². The highest BCUT2D eigenvalue weighted by molar-refractivity contribution is 6.07. The number of hydrogen-bond donors (Lipinski definition) is 1. The van der Waals surface area contributed by atoms with E-state index >= 15 is 0 Å². The summed E-state index contributed by atoms with van der Waals surface area (Å²) in [5, 5.41) is 17.4. The molecule has 152 valence electrons. The minimum absolute atomic E-state index is 0.00103. The number of nitrogens with zero attached hydrogens (tertiary/aromatic N) is 4. The van der Waals surface area contributed by atoms with Gasteiger partial charge in [0.05, 0.1) is 4.92 Å². The molecule has 4 rings (SSSR count). The molecular weight excluding hydrogens is 397 g/mol. The molecule has 30 heavy (non-hydrogen) atoms. The smallest absolute Gasteiger partial charge is 0.325 e. The number of carbonyl (C=O) groups is 2. The fourth-order valence-electron chi connectivity index (χ4n) is 3.14. The van der Waals surface area contributed by atoms with Crippen molar-refractivity contribution in [3.63, 3.8) is 0 Å². The summed E-state index contributed by atoms with van der Waals surface area (Å²) in [5.74, 6) is -0.851. The van der Waals surface area contributed by atoms with Crippen LogP contribution in [0.15, 0.2) is 53.1 Å². The fraction of sp³-hybridized carbons (Fsp3) is 0.158. The number of aromatic nitrogens is 2. The zero-order valence-corrected chi connectivity index (χ0v) is 15.5. The van der Waals surface area contributed by atoms with Gasteiger partial charge in [0.25, 0.3) is 11.6 Å². The lowest BCUT2D eigenvalue weighted by atomic mass is 9.91. The second kappa shape index (κ2) is 7.03. The molecule has 2 aromatic carbocycles. The van der Waals surface area contributed by atoms with Gasteiger partial charge in [-0.15, -0.1) is 0 Å². The fourth-order valence-corrected chi connectivity index (χ4v) is 3.14. The van der Waals surface area contributed by atoms with E-state index in [9.17, 15) is 24.1 Å². The van der Waals surface area contributed by atoms with Crippen molar-refractivity contribution in [2.24, 2.45) is 0 Å². The highest BCUT2D eigenvalue weighted by Crippen LogP contribution is 2.31. The molecule has 0 spiro atoms. The number of nitrogens with one attached hydrogen (secondary N) is 1. The number of amides is 3. The molecule has 1 aliphatic rings. The van der Waals surface area contributed by atoms with Crippen molar-refractivity contribution in [1.82, 2.24) is 20.4 Å². The van der Waals surface area contributed by atoms with Crippen LogP contribution < -0.4 is 5.32 Å². The average Bonchev–Trinajstić information content (AvgIpc) is 3.28. The maximum atomic E-state index is 13.1. The average molecular weight is 411 g/mol.